The molecule has 0 spiro atoms. The minimum absolute atomic E-state index is 0. The molecule has 0 unspecified atom stereocenters. The second-order valence-corrected chi connectivity index (χ2v) is 3.91. The van der Waals surface area contributed by atoms with E-state index in [2.05, 4.69) is 10.3 Å². The number of carboxylic acid groups (broad SMARTS) is 1. The molecule has 2 rings (SSSR count). The Hall–Kier alpha value is -1.57. The minimum Gasteiger partial charge on any atom is -1.00 e. The van der Waals surface area contributed by atoms with E-state index in [4.69, 9.17) is 5.11 Å². The SMILES string of the molecule is O=C(O)c1cccnc1Nc1cccc(C(F)(F)F)c1.[H-].[Na+]. The average molecular weight is 306 g/mol. The molecule has 0 saturated carbocycles. The van der Waals surface area contributed by atoms with Gasteiger partial charge in [0.05, 0.1) is 5.56 Å². The fourth-order valence-electron chi connectivity index (χ4n) is 1.59. The summed E-state index contributed by atoms with van der Waals surface area (Å²) >= 11 is 0. The van der Waals surface area contributed by atoms with Crippen molar-refractivity contribution in [3.05, 3.63) is 53.7 Å². The van der Waals surface area contributed by atoms with Crippen molar-refractivity contribution in [1.29, 1.82) is 0 Å². The van der Waals surface area contributed by atoms with Gasteiger partial charge in [0.1, 0.15) is 11.4 Å². The molecule has 1 aromatic carbocycles. The first kappa shape index (κ1) is 17.5. The molecule has 2 aromatic rings. The van der Waals surface area contributed by atoms with Crippen LogP contribution in [0.15, 0.2) is 42.6 Å². The van der Waals surface area contributed by atoms with E-state index < -0.39 is 17.7 Å². The van der Waals surface area contributed by atoms with Crippen molar-refractivity contribution < 1.29 is 54.1 Å². The molecule has 4 nitrogen and oxygen atoms in total. The quantitative estimate of drug-likeness (QED) is 0.818. The largest absolute Gasteiger partial charge is 1.00 e. The Bertz CT molecular complexity index is 653. The number of anilines is 2. The number of rotatable bonds is 3. The van der Waals surface area contributed by atoms with Crippen molar-refractivity contribution in [1.82, 2.24) is 4.98 Å². The Morgan fingerprint density at radius 1 is 1.24 bits per heavy atom. The van der Waals surface area contributed by atoms with Gasteiger partial charge in [-0.1, -0.05) is 6.07 Å². The van der Waals surface area contributed by atoms with E-state index in [1.165, 1.54) is 30.5 Å². The van der Waals surface area contributed by atoms with Crippen LogP contribution in [0.3, 0.4) is 0 Å². The van der Waals surface area contributed by atoms with Gasteiger partial charge in [-0.25, -0.2) is 9.78 Å². The van der Waals surface area contributed by atoms with Crippen molar-refractivity contribution in [3.8, 4) is 0 Å². The Labute approximate surface area is 141 Å². The van der Waals surface area contributed by atoms with Crippen LogP contribution >= 0.6 is 0 Å². The maximum absolute atomic E-state index is 12.6. The molecule has 1 heterocycles. The normalized spacial score (nSPS) is 10.6. The number of halogens is 3. The van der Waals surface area contributed by atoms with E-state index in [1.807, 2.05) is 0 Å². The van der Waals surface area contributed by atoms with Crippen LogP contribution in [0, 0.1) is 0 Å². The summed E-state index contributed by atoms with van der Waals surface area (Å²) < 4.78 is 37.7. The first-order valence-electron chi connectivity index (χ1n) is 5.50. The number of carbonyl (C=O) groups is 1. The molecule has 21 heavy (non-hydrogen) atoms. The summed E-state index contributed by atoms with van der Waals surface area (Å²) in [5, 5.41) is 11.5. The molecule has 0 atom stereocenters. The van der Waals surface area contributed by atoms with Gasteiger partial charge in [0, 0.05) is 11.9 Å². The number of hydrogen-bond donors (Lipinski definition) is 2. The minimum atomic E-state index is -4.46. The van der Waals surface area contributed by atoms with E-state index in [0.29, 0.717) is 0 Å². The second-order valence-electron chi connectivity index (χ2n) is 3.91. The Balaban J connectivity index is 0.00000220. The topological polar surface area (TPSA) is 62.2 Å². The zero-order valence-electron chi connectivity index (χ0n) is 12.0. The maximum Gasteiger partial charge on any atom is 1.00 e. The Morgan fingerprint density at radius 2 is 1.95 bits per heavy atom. The van der Waals surface area contributed by atoms with Crippen molar-refractivity contribution in [2.75, 3.05) is 5.32 Å². The molecule has 0 radical (unpaired) electrons. The van der Waals surface area contributed by atoms with Gasteiger partial charge in [-0.2, -0.15) is 13.2 Å². The second kappa shape index (κ2) is 6.93. The molecule has 0 aliphatic carbocycles. The van der Waals surface area contributed by atoms with Crippen LogP contribution in [0.5, 0.6) is 0 Å². The van der Waals surface area contributed by atoms with Crippen LogP contribution in [-0.4, -0.2) is 16.1 Å². The Kier molecular flexibility index (Phi) is 5.77. The fourth-order valence-corrected chi connectivity index (χ4v) is 1.59. The number of nitrogens with zero attached hydrogens (tertiary/aromatic N) is 1. The number of aromatic nitrogens is 1. The van der Waals surface area contributed by atoms with Gasteiger partial charge in [-0.05, 0) is 30.3 Å². The average Bonchev–Trinajstić information content (AvgIpc) is 2.38. The molecule has 8 heteroatoms. The molecular formula is C13H10F3N2NaO2. The third-order valence-corrected chi connectivity index (χ3v) is 2.49. The van der Waals surface area contributed by atoms with Gasteiger partial charge < -0.3 is 11.8 Å². The predicted molar refractivity (Wildman–Crippen MR) is 67.0 cm³/mol. The fraction of sp³-hybridized carbons (Fsp3) is 0.0769. The summed E-state index contributed by atoms with van der Waals surface area (Å²) in [4.78, 5) is 14.8. The van der Waals surface area contributed by atoms with Crippen molar-refractivity contribution in [2.45, 2.75) is 6.18 Å². The van der Waals surface area contributed by atoms with Crippen molar-refractivity contribution in [2.24, 2.45) is 0 Å². The number of pyridine rings is 1. The first-order chi connectivity index (χ1) is 9.38. The van der Waals surface area contributed by atoms with Crippen LogP contribution in [0.4, 0.5) is 24.7 Å². The molecule has 0 fully saturated rings. The summed E-state index contributed by atoms with van der Waals surface area (Å²) in [5.74, 6) is -1.23. The molecule has 0 aliphatic heterocycles. The molecule has 0 bridgehead atoms. The monoisotopic (exact) mass is 306 g/mol. The number of hydrogen-bond acceptors (Lipinski definition) is 3. The van der Waals surface area contributed by atoms with Crippen LogP contribution in [0.1, 0.15) is 17.3 Å². The van der Waals surface area contributed by atoms with E-state index in [0.717, 1.165) is 12.1 Å². The van der Waals surface area contributed by atoms with Gasteiger partial charge in [0.25, 0.3) is 0 Å². The van der Waals surface area contributed by atoms with Crippen LogP contribution in [-0.2, 0) is 6.18 Å². The molecule has 0 aliphatic rings. The molecule has 1 aromatic heterocycles. The van der Waals surface area contributed by atoms with E-state index in [1.54, 1.807) is 0 Å². The van der Waals surface area contributed by atoms with E-state index in [-0.39, 0.29) is 48.1 Å². The number of nitrogens with one attached hydrogen (secondary N) is 1. The van der Waals surface area contributed by atoms with Gasteiger partial charge in [-0.15, -0.1) is 0 Å². The predicted octanol–water partition coefficient (Wildman–Crippen LogP) is 0.659. The smallest absolute Gasteiger partial charge is 1.00 e. The van der Waals surface area contributed by atoms with Crippen LogP contribution in [0.2, 0.25) is 0 Å². The summed E-state index contributed by atoms with van der Waals surface area (Å²) in [5.41, 5.74) is -0.832. The third-order valence-electron chi connectivity index (χ3n) is 2.49. The number of benzene rings is 1. The van der Waals surface area contributed by atoms with Gasteiger partial charge in [-0.3, -0.25) is 0 Å². The van der Waals surface area contributed by atoms with Gasteiger partial charge in [0.15, 0.2) is 0 Å². The Morgan fingerprint density at radius 3 is 2.57 bits per heavy atom. The zero-order chi connectivity index (χ0) is 14.8. The summed E-state index contributed by atoms with van der Waals surface area (Å²) in [6, 6.07) is 7.19. The first-order valence-corrected chi connectivity index (χ1v) is 5.50. The molecule has 0 amide bonds. The van der Waals surface area contributed by atoms with Gasteiger partial charge >= 0.3 is 41.7 Å². The molecule has 106 valence electrons. The maximum atomic E-state index is 12.6. The number of aromatic carboxylic acids is 1. The molecule has 2 N–H and O–H groups in total. The number of alkyl halides is 3. The standard InChI is InChI=1S/C13H9F3N2O2.Na.H/c14-13(15,16)8-3-1-4-9(7-8)18-11-10(12(19)20)5-2-6-17-11;;/h1-7H,(H,17,18)(H,19,20);;/q;+1;-1. The third kappa shape index (κ3) is 4.45. The van der Waals surface area contributed by atoms with Gasteiger partial charge in [0.2, 0.25) is 0 Å². The molecule has 0 saturated heterocycles. The van der Waals surface area contributed by atoms with E-state index in [9.17, 15) is 18.0 Å². The van der Waals surface area contributed by atoms with Crippen LogP contribution < -0.4 is 34.9 Å². The zero-order valence-corrected chi connectivity index (χ0v) is 13.0. The van der Waals surface area contributed by atoms with Crippen molar-refractivity contribution in [3.63, 3.8) is 0 Å². The summed E-state index contributed by atoms with van der Waals surface area (Å²) in [6.45, 7) is 0. The van der Waals surface area contributed by atoms with E-state index >= 15 is 0 Å². The summed E-state index contributed by atoms with van der Waals surface area (Å²) in [7, 11) is 0. The van der Waals surface area contributed by atoms with Crippen LogP contribution in [0.25, 0.3) is 0 Å². The van der Waals surface area contributed by atoms with Crippen molar-refractivity contribution >= 4 is 17.5 Å². The number of carboxylic acids is 1. The molecular weight excluding hydrogens is 296 g/mol. The summed E-state index contributed by atoms with van der Waals surface area (Å²) in [6.07, 6.45) is -3.11.